The Hall–Kier alpha value is -2.91. The van der Waals surface area contributed by atoms with Crippen molar-refractivity contribution in [3.05, 3.63) is 12.7 Å². The number of rotatable bonds is 9. The number of alkyl carbamates (subject to hydrolysis) is 1. The van der Waals surface area contributed by atoms with Crippen molar-refractivity contribution in [3.8, 4) is 0 Å². The second-order valence-corrected chi connectivity index (χ2v) is 13.3. The van der Waals surface area contributed by atoms with Crippen LogP contribution in [0, 0.1) is 23.2 Å². The summed E-state index contributed by atoms with van der Waals surface area (Å²) in [4.78, 5) is 67.5. The lowest BCUT2D eigenvalue weighted by Crippen LogP contribution is -2.59. The van der Waals surface area contributed by atoms with Crippen LogP contribution in [0.3, 0.4) is 0 Å². The number of nitrogens with zero attached hydrogens (tertiary/aromatic N) is 1. The fourth-order valence-electron chi connectivity index (χ4n) is 6.26. The molecule has 10 heteroatoms. The summed E-state index contributed by atoms with van der Waals surface area (Å²) in [5.41, 5.74) is -1.32. The fourth-order valence-corrected chi connectivity index (χ4v) is 6.26. The molecule has 3 fully saturated rings. The first kappa shape index (κ1) is 31.6. The average molecular weight is 561 g/mol. The molecule has 1 unspecified atom stereocenters. The highest BCUT2D eigenvalue weighted by atomic mass is 16.6. The van der Waals surface area contributed by atoms with Crippen LogP contribution in [-0.2, 0) is 23.9 Å². The molecule has 0 aromatic rings. The van der Waals surface area contributed by atoms with Gasteiger partial charge in [-0.2, -0.15) is 0 Å². The van der Waals surface area contributed by atoms with Crippen molar-refractivity contribution in [2.45, 2.75) is 110 Å². The number of hydrogen-bond donors (Lipinski definition) is 3. The Morgan fingerprint density at radius 3 is 2.33 bits per heavy atom. The summed E-state index contributed by atoms with van der Waals surface area (Å²) < 4.78 is 5.49. The van der Waals surface area contributed by atoms with E-state index in [0.717, 1.165) is 38.2 Å². The van der Waals surface area contributed by atoms with Crippen LogP contribution in [0.15, 0.2) is 12.7 Å². The maximum atomic E-state index is 14.2. The molecule has 1 saturated carbocycles. The Kier molecular flexibility index (Phi) is 10.1. The second-order valence-electron chi connectivity index (χ2n) is 13.3. The standard InChI is InChI=1S/C30H48N4O6/c1-8-22(35)21(16-20-14-15-31-25(20)36)32-26(37)24-30(6,7)18(2)17-34(24)27(38)23(19-12-10-9-11-13-19)33-28(39)40-29(3,4)5/h8,18-21,23-24H,1,9-17H2,2-7H3,(H,31,36)(H,32,37)(H,33,39)/t18-,20+,21+,23?,24-/m1/s1. The maximum Gasteiger partial charge on any atom is 0.408 e. The average Bonchev–Trinajstić information content (AvgIpc) is 3.39. The molecule has 3 N–H and O–H groups in total. The van der Waals surface area contributed by atoms with Crippen LogP contribution in [0.25, 0.3) is 0 Å². The summed E-state index contributed by atoms with van der Waals surface area (Å²) in [6, 6.07) is -2.60. The van der Waals surface area contributed by atoms with E-state index in [-0.39, 0.29) is 41.8 Å². The minimum Gasteiger partial charge on any atom is -0.444 e. The molecule has 40 heavy (non-hydrogen) atoms. The van der Waals surface area contributed by atoms with Crippen molar-refractivity contribution in [2.24, 2.45) is 23.2 Å². The van der Waals surface area contributed by atoms with E-state index < -0.39 is 41.1 Å². The van der Waals surface area contributed by atoms with Gasteiger partial charge in [0.2, 0.25) is 17.7 Å². The number of carbonyl (C=O) groups excluding carboxylic acids is 5. The van der Waals surface area contributed by atoms with Crippen LogP contribution in [0.1, 0.15) is 86.5 Å². The Morgan fingerprint density at radius 2 is 1.77 bits per heavy atom. The summed E-state index contributed by atoms with van der Waals surface area (Å²) in [5.74, 6) is -1.72. The molecular formula is C30H48N4O6. The van der Waals surface area contributed by atoms with E-state index in [1.54, 1.807) is 25.7 Å². The molecule has 10 nitrogen and oxygen atoms in total. The van der Waals surface area contributed by atoms with Gasteiger partial charge in [0.05, 0.1) is 6.04 Å². The van der Waals surface area contributed by atoms with Crippen LogP contribution in [0.2, 0.25) is 0 Å². The number of carbonyl (C=O) groups is 5. The van der Waals surface area contributed by atoms with Gasteiger partial charge in [0.25, 0.3) is 0 Å². The maximum absolute atomic E-state index is 14.2. The smallest absolute Gasteiger partial charge is 0.408 e. The normalized spacial score (nSPS) is 26.4. The highest BCUT2D eigenvalue weighted by Gasteiger charge is 2.53. The summed E-state index contributed by atoms with van der Waals surface area (Å²) in [6.07, 6.45) is 5.88. The van der Waals surface area contributed by atoms with Crippen molar-refractivity contribution in [3.63, 3.8) is 0 Å². The lowest BCUT2D eigenvalue weighted by Gasteiger charge is -2.37. The molecular weight excluding hydrogens is 512 g/mol. The summed E-state index contributed by atoms with van der Waals surface area (Å²) in [5, 5.41) is 8.48. The highest BCUT2D eigenvalue weighted by Crippen LogP contribution is 2.42. The number of nitrogens with one attached hydrogen (secondary N) is 3. The van der Waals surface area contributed by atoms with E-state index in [4.69, 9.17) is 4.74 Å². The van der Waals surface area contributed by atoms with E-state index >= 15 is 0 Å². The molecule has 0 spiro atoms. The SMILES string of the molecule is C=CC(=O)[C@H](C[C@@H]1CCNC1=O)NC(=O)[C@H]1N(C(=O)C(NC(=O)OC(C)(C)C)C2CCCCC2)C[C@@H](C)C1(C)C. The van der Waals surface area contributed by atoms with Gasteiger partial charge in [-0.25, -0.2) is 4.79 Å². The molecule has 2 heterocycles. The van der Waals surface area contributed by atoms with Gasteiger partial charge in [-0.1, -0.05) is 46.6 Å². The quantitative estimate of drug-likeness (QED) is 0.371. The Labute approximate surface area is 238 Å². The minimum atomic E-state index is -0.920. The van der Waals surface area contributed by atoms with Crippen molar-refractivity contribution < 1.29 is 28.7 Å². The number of amides is 4. The van der Waals surface area contributed by atoms with Gasteiger partial charge in [0.15, 0.2) is 5.78 Å². The monoisotopic (exact) mass is 560 g/mol. The molecule has 0 aromatic carbocycles. The molecule has 4 amide bonds. The third-order valence-corrected chi connectivity index (χ3v) is 8.89. The summed E-state index contributed by atoms with van der Waals surface area (Å²) in [7, 11) is 0. The zero-order chi connectivity index (χ0) is 29.8. The van der Waals surface area contributed by atoms with Crippen molar-refractivity contribution in [1.82, 2.24) is 20.9 Å². The first-order valence-corrected chi connectivity index (χ1v) is 14.7. The number of likely N-dealkylation sites (tertiary alicyclic amines) is 1. The van der Waals surface area contributed by atoms with E-state index in [9.17, 15) is 24.0 Å². The lowest BCUT2D eigenvalue weighted by molar-refractivity contribution is -0.144. The Morgan fingerprint density at radius 1 is 1.12 bits per heavy atom. The fraction of sp³-hybridized carbons (Fsp3) is 0.767. The van der Waals surface area contributed by atoms with E-state index in [0.29, 0.717) is 19.5 Å². The van der Waals surface area contributed by atoms with Gasteiger partial charge < -0.3 is 25.6 Å². The molecule has 5 atom stereocenters. The van der Waals surface area contributed by atoms with Crippen molar-refractivity contribution in [1.29, 1.82) is 0 Å². The van der Waals surface area contributed by atoms with Gasteiger partial charge in [0.1, 0.15) is 17.7 Å². The molecule has 0 aromatic heterocycles. The number of hydrogen-bond acceptors (Lipinski definition) is 6. The molecule has 0 bridgehead atoms. The molecule has 2 aliphatic heterocycles. The van der Waals surface area contributed by atoms with Crippen molar-refractivity contribution in [2.75, 3.05) is 13.1 Å². The lowest BCUT2D eigenvalue weighted by atomic mass is 9.77. The topological polar surface area (TPSA) is 134 Å². The van der Waals surface area contributed by atoms with Gasteiger partial charge in [-0.15, -0.1) is 0 Å². The van der Waals surface area contributed by atoms with E-state index in [1.807, 2.05) is 20.8 Å². The van der Waals surface area contributed by atoms with E-state index in [1.165, 1.54) is 0 Å². The van der Waals surface area contributed by atoms with Crippen LogP contribution in [-0.4, -0.2) is 71.3 Å². The Balaban J connectivity index is 1.87. The zero-order valence-electron chi connectivity index (χ0n) is 25.0. The Bertz CT molecular complexity index is 997. The van der Waals surface area contributed by atoms with Gasteiger partial charge >= 0.3 is 6.09 Å². The van der Waals surface area contributed by atoms with Gasteiger partial charge in [-0.3, -0.25) is 19.2 Å². The van der Waals surface area contributed by atoms with E-state index in [2.05, 4.69) is 22.5 Å². The van der Waals surface area contributed by atoms with Crippen molar-refractivity contribution >= 4 is 29.6 Å². The molecule has 1 aliphatic carbocycles. The molecule has 224 valence electrons. The van der Waals surface area contributed by atoms with Gasteiger partial charge in [0, 0.05) is 19.0 Å². The number of ether oxygens (including phenoxy) is 1. The first-order chi connectivity index (χ1) is 18.7. The minimum absolute atomic E-state index is 0.0186. The van der Waals surface area contributed by atoms with Crippen LogP contribution in [0.4, 0.5) is 4.79 Å². The predicted octanol–water partition coefficient (Wildman–Crippen LogP) is 3.10. The molecule has 3 aliphatic rings. The summed E-state index contributed by atoms with van der Waals surface area (Å²) in [6.45, 7) is 15.6. The largest absolute Gasteiger partial charge is 0.444 e. The molecule has 0 radical (unpaired) electrons. The number of ketones is 1. The third-order valence-electron chi connectivity index (χ3n) is 8.89. The summed E-state index contributed by atoms with van der Waals surface area (Å²) >= 11 is 0. The van der Waals surface area contributed by atoms with Crippen LogP contribution in [0.5, 0.6) is 0 Å². The predicted molar refractivity (Wildman–Crippen MR) is 151 cm³/mol. The van der Waals surface area contributed by atoms with Crippen LogP contribution < -0.4 is 16.0 Å². The van der Waals surface area contributed by atoms with Gasteiger partial charge in [-0.05, 0) is 69.8 Å². The third kappa shape index (κ3) is 7.43. The second kappa shape index (κ2) is 12.7. The first-order valence-electron chi connectivity index (χ1n) is 14.7. The molecule has 3 rings (SSSR count). The zero-order valence-corrected chi connectivity index (χ0v) is 25.0. The van der Waals surface area contributed by atoms with Crippen LogP contribution >= 0.6 is 0 Å². The highest BCUT2D eigenvalue weighted by molar-refractivity contribution is 5.99. The molecule has 2 saturated heterocycles.